The van der Waals surface area contributed by atoms with Crippen LogP contribution in [0.4, 0.5) is 5.69 Å². The topological polar surface area (TPSA) is 102 Å². The molecule has 8 nitrogen and oxygen atoms in total. The SMILES string of the molecule is CC(C)Cc1ccc(NC(=O)COCC(=O)N2CCN(C(c3ccccc3)c3ccccc3)CC2)c(C(=O)[O-])c1.[Na+]. The van der Waals surface area contributed by atoms with Crippen LogP contribution >= 0.6 is 0 Å². The van der Waals surface area contributed by atoms with E-state index in [1.165, 1.54) is 17.2 Å². The quantitative estimate of drug-likeness (QED) is 0.332. The van der Waals surface area contributed by atoms with E-state index in [2.05, 4.69) is 34.5 Å². The van der Waals surface area contributed by atoms with Gasteiger partial charge in [0.1, 0.15) is 13.2 Å². The molecule has 1 N–H and O–H groups in total. The van der Waals surface area contributed by atoms with Gasteiger partial charge >= 0.3 is 29.6 Å². The first kappa shape index (κ1) is 32.5. The van der Waals surface area contributed by atoms with Gasteiger partial charge in [0, 0.05) is 37.4 Å². The van der Waals surface area contributed by atoms with E-state index in [1.54, 1.807) is 17.0 Å². The number of amides is 2. The first-order valence-corrected chi connectivity index (χ1v) is 13.7. The molecular formula is C32H36N3NaO5. The van der Waals surface area contributed by atoms with Crippen LogP contribution in [-0.2, 0) is 20.7 Å². The Hall–Kier alpha value is -3.01. The van der Waals surface area contributed by atoms with Crippen molar-refractivity contribution in [2.24, 2.45) is 5.92 Å². The number of hydrogen-bond acceptors (Lipinski definition) is 6. The molecule has 0 unspecified atom stereocenters. The molecule has 0 aliphatic carbocycles. The maximum atomic E-state index is 12.8. The van der Waals surface area contributed by atoms with E-state index in [1.807, 2.05) is 50.2 Å². The molecule has 4 rings (SSSR count). The molecule has 210 valence electrons. The van der Waals surface area contributed by atoms with Gasteiger partial charge in [0.2, 0.25) is 11.8 Å². The van der Waals surface area contributed by atoms with Crippen molar-refractivity contribution in [1.29, 1.82) is 0 Å². The minimum atomic E-state index is -1.36. The summed E-state index contributed by atoms with van der Waals surface area (Å²) in [4.78, 5) is 40.9. The van der Waals surface area contributed by atoms with Gasteiger partial charge in [-0.15, -0.1) is 0 Å². The predicted octanol–water partition coefficient (Wildman–Crippen LogP) is 0.142. The van der Waals surface area contributed by atoms with Gasteiger partial charge in [0.05, 0.1) is 12.0 Å². The van der Waals surface area contributed by atoms with Crippen LogP contribution in [0.2, 0.25) is 0 Å². The Labute approximate surface area is 264 Å². The molecule has 1 saturated heterocycles. The van der Waals surface area contributed by atoms with Gasteiger partial charge in [0.15, 0.2) is 0 Å². The Bertz CT molecular complexity index is 1260. The van der Waals surface area contributed by atoms with E-state index in [9.17, 15) is 19.5 Å². The van der Waals surface area contributed by atoms with Gasteiger partial charge in [-0.05, 0) is 41.2 Å². The Morgan fingerprint density at radius 2 is 1.44 bits per heavy atom. The zero-order valence-electron chi connectivity index (χ0n) is 24.0. The molecule has 0 bridgehead atoms. The van der Waals surface area contributed by atoms with Crippen molar-refractivity contribution in [2.45, 2.75) is 26.3 Å². The molecule has 41 heavy (non-hydrogen) atoms. The average Bonchev–Trinajstić information content (AvgIpc) is 2.95. The van der Waals surface area contributed by atoms with Crippen molar-refractivity contribution in [1.82, 2.24) is 9.80 Å². The number of carboxylic acid groups (broad SMARTS) is 1. The number of piperazine rings is 1. The van der Waals surface area contributed by atoms with Crippen LogP contribution in [0.5, 0.6) is 0 Å². The summed E-state index contributed by atoms with van der Waals surface area (Å²) in [7, 11) is 0. The van der Waals surface area contributed by atoms with Gasteiger partial charge in [-0.25, -0.2) is 0 Å². The number of anilines is 1. The Balaban J connectivity index is 0.00000462. The van der Waals surface area contributed by atoms with Crippen molar-refractivity contribution in [2.75, 3.05) is 44.7 Å². The first-order valence-electron chi connectivity index (χ1n) is 13.7. The van der Waals surface area contributed by atoms with Gasteiger partial charge < -0.3 is 24.9 Å². The fraction of sp³-hybridized carbons (Fsp3) is 0.344. The van der Waals surface area contributed by atoms with Crippen LogP contribution in [0, 0.1) is 5.92 Å². The smallest absolute Gasteiger partial charge is 0.545 e. The number of carbonyl (C=O) groups is 3. The molecule has 0 saturated carbocycles. The monoisotopic (exact) mass is 565 g/mol. The fourth-order valence-electron chi connectivity index (χ4n) is 5.09. The van der Waals surface area contributed by atoms with Crippen molar-refractivity contribution in [3.8, 4) is 0 Å². The van der Waals surface area contributed by atoms with E-state index >= 15 is 0 Å². The second-order valence-electron chi connectivity index (χ2n) is 10.4. The molecule has 0 atom stereocenters. The molecule has 2 amide bonds. The zero-order valence-corrected chi connectivity index (χ0v) is 26.0. The summed E-state index contributed by atoms with van der Waals surface area (Å²) >= 11 is 0. The van der Waals surface area contributed by atoms with E-state index in [4.69, 9.17) is 4.74 Å². The Kier molecular flexibility index (Phi) is 12.6. The maximum absolute atomic E-state index is 12.8. The molecular weight excluding hydrogens is 529 g/mol. The normalized spacial score (nSPS) is 13.6. The minimum Gasteiger partial charge on any atom is -0.545 e. The molecule has 1 fully saturated rings. The van der Waals surface area contributed by atoms with Crippen molar-refractivity contribution in [3.05, 3.63) is 101 Å². The number of carbonyl (C=O) groups excluding carboxylic acids is 3. The number of ether oxygens (including phenoxy) is 1. The van der Waals surface area contributed by atoms with Crippen molar-refractivity contribution >= 4 is 23.5 Å². The molecule has 1 heterocycles. The summed E-state index contributed by atoms with van der Waals surface area (Å²) < 4.78 is 5.39. The van der Waals surface area contributed by atoms with Crippen LogP contribution < -0.4 is 40.0 Å². The summed E-state index contributed by atoms with van der Waals surface area (Å²) in [5.74, 6) is -1.72. The largest absolute Gasteiger partial charge is 1.00 e. The van der Waals surface area contributed by atoms with E-state index < -0.39 is 11.9 Å². The van der Waals surface area contributed by atoms with Crippen LogP contribution in [-0.4, -0.2) is 67.0 Å². The number of hydrogen-bond donors (Lipinski definition) is 1. The second-order valence-corrected chi connectivity index (χ2v) is 10.4. The average molecular weight is 566 g/mol. The molecule has 0 radical (unpaired) electrons. The van der Waals surface area contributed by atoms with Gasteiger partial charge in [-0.1, -0.05) is 80.6 Å². The number of carboxylic acids is 1. The fourth-order valence-corrected chi connectivity index (χ4v) is 5.09. The summed E-state index contributed by atoms with van der Waals surface area (Å²) in [6.07, 6.45) is 0.715. The maximum Gasteiger partial charge on any atom is 1.00 e. The summed E-state index contributed by atoms with van der Waals surface area (Å²) in [5, 5.41) is 14.2. The van der Waals surface area contributed by atoms with Gasteiger partial charge in [0.25, 0.3) is 0 Å². The molecule has 3 aromatic carbocycles. The molecule has 1 aliphatic heterocycles. The Morgan fingerprint density at radius 3 is 1.98 bits per heavy atom. The van der Waals surface area contributed by atoms with Crippen molar-refractivity contribution < 1.29 is 53.8 Å². The van der Waals surface area contributed by atoms with E-state index in [0.29, 0.717) is 38.5 Å². The summed E-state index contributed by atoms with van der Waals surface area (Å²) in [6, 6.07) is 25.7. The standard InChI is InChI=1S/C32H37N3O5.Na/c1-23(2)19-24-13-14-28(27(20-24)32(38)39)33-29(36)21-40-22-30(37)34-15-17-35(18-16-34)31(25-9-5-3-6-10-25)26-11-7-4-8-12-26;/h3-14,20,23,31H,15-19,21-22H2,1-2H3,(H,33,36)(H,38,39);/q;+1/p-1. The second kappa shape index (κ2) is 15.8. The van der Waals surface area contributed by atoms with Gasteiger partial charge in [-0.3, -0.25) is 14.5 Å². The first-order chi connectivity index (χ1) is 19.3. The Morgan fingerprint density at radius 1 is 0.854 bits per heavy atom. The van der Waals surface area contributed by atoms with Crippen molar-refractivity contribution in [3.63, 3.8) is 0 Å². The molecule has 0 spiro atoms. The van der Waals surface area contributed by atoms with Crippen LogP contribution in [0.15, 0.2) is 78.9 Å². The third kappa shape index (κ3) is 9.24. The van der Waals surface area contributed by atoms with Gasteiger partial charge in [-0.2, -0.15) is 0 Å². The third-order valence-electron chi connectivity index (χ3n) is 6.94. The number of benzene rings is 3. The number of nitrogens with zero attached hydrogens (tertiary/aromatic N) is 2. The predicted molar refractivity (Wildman–Crippen MR) is 152 cm³/mol. The molecule has 1 aliphatic rings. The summed E-state index contributed by atoms with van der Waals surface area (Å²) in [5.41, 5.74) is 3.34. The third-order valence-corrected chi connectivity index (χ3v) is 6.94. The van der Waals surface area contributed by atoms with E-state index in [0.717, 1.165) is 5.56 Å². The van der Waals surface area contributed by atoms with Crippen LogP contribution in [0.1, 0.15) is 46.9 Å². The number of aromatic carboxylic acids is 1. The van der Waals surface area contributed by atoms with Crippen LogP contribution in [0.25, 0.3) is 0 Å². The summed E-state index contributed by atoms with van der Waals surface area (Å²) in [6.45, 7) is 6.02. The van der Waals surface area contributed by atoms with Crippen LogP contribution in [0.3, 0.4) is 0 Å². The molecule has 9 heteroatoms. The van der Waals surface area contributed by atoms with E-state index in [-0.39, 0.29) is 66.0 Å². The zero-order chi connectivity index (χ0) is 28.5. The molecule has 0 aromatic heterocycles. The number of rotatable bonds is 11. The number of nitrogens with one attached hydrogen (secondary N) is 1. The minimum absolute atomic E-state index is 0. The molecule has 3 aromatic rings.